The number of unbranched alkanes of at least 4 members (excludes halogenated alkanes) is 3. The van der Waals surface area contributed by atoms with E-state index in [9.17, 15) is 21.9 Å². The van der Waals surface area contributed by atoms with Gasteiger partial charge in [-0.05, 0) is 6.42 Å². The van der Waals surface area contributed by atoms with Gasteiger partial charge >= 0.3 is 16.3 Å². The number of alkyl carbamates (subject to hydrolysis) is 1. The summed E-state index contributed by atoms with van der Waals surface area (Å²) >= 11 is 0. The van der Waals surface area contributed by atoms with E-state index >= 15 is 0 Å². The van der Waals surface area contributed by atoms with Gasteiger partial charge in [0.15, 0.2) is 5.37 Å². The zero-order valence-corrected chi connectivity index (χ0v) is 11.5. The quantitative estimate of drug-likeness (QED) is 0.482. The number of carbonyl (C=O) groups is 2. The second kappa shape index (κ2) is 8.68. The summed E-state index contributed by atoms with van der Waals surface area (Å²) in [5.41, 5.74) is 4.76. The number of carbonyl (C=O) groups excluding carboxylic acids is 2. The van der Waals surface area contributed by atoms with Gasteiger partial charge in [-0.15, -0.1) is 3.89 Å². The van der Waals surface area contributed by atoms with E-state index in [2.05, 4.69) is 4.74 Å². The molecular weight excluding hydrogens is 279 g/mol. The molecule has 0 bridgehead atoms. The van der Waals surface area contributed by atoms with Gasteiger partial charge in [-0.3, -0.25) is 4.79 Å². The molecule has 0 saturated carbocycles. The minimum atomic E-state index is -5.11. The summed E-state index contributed by atoms with van der Waals surface area (Å²) in [6.45, 7) is 2.12. The van der Waals surface area contributed by atoms with Gasteiger partial charge in [-0.1, -0.05) is 26.2 Å². The molecule has 2 amide bonds. The fourth-order valence-electron chi connectivity index (χ4n) is 1.27. The number of nitrogens with two attached hydrogens (primary N) is 1. The summed E-state index contributed by atoms with van der Waals surface area (Å²) in [6, 6.07) is 0. The van der Waals surface area contributed by atoms with Gasteiger partial charge in [-0.2, -0.15) is 8.42 Å². The number of hydrogen-bond donors (Lipinski definition) is 2. The highest BCUT2D eigenvalue weighted by atomic mass is 32.3. The molecule has 3 N–H and O–H groups in total. The number of nitrogens with one attached hydrogen (secondary N) is 1. The van der Waals surface area contributed by atoms with Crippen LogP contribution in [0.3, 0.4) is 0 Å². The molecule has 1 atom stereocenters. The Morgan fingerprint density at radius 2 is 1.95 bits per heavy atom. The minimum absolute atomic E-state index is 0.0987. The second-order valence-electron chi connectivity index (χ2n) is 3.98. The number of amides is 2. The van der Waals surface area contributed by atoms with Gasteiger partial charge in [0, 0.05) is 0 Å². The van der Waals surface area contributed by atoms with Crippen LogP contribution in [-0.2, 0) is 19.8 Å². The third kappa shape index (κ3) is 9.23. The maximum absolute atomic E-state index is 12.8. The Bertz CT molecular complexity index is 399. The van der Waals surface area contributed by atoms with Crippen molar-refractivity contribution in [1.82, 2.24) is 5.32 Å². The first-order valence-electron chi connectivity index (χ1n) is 5.92. The highest BCUT2D eigenvalue weighted by Gasteiger charge is 2.29. The van der Waals surface area contributed by atoms with E-state index in [1.165, 1.54) is 0 Å². The number of rotatable bonds is 9. The average molecular weight is 298 g/mol. The van der Waals surface area contributed by atoms with Crippen molar-refractivity contribution in [2.45, 2.75) is 44.4 Å². The normalized spacial score (nSPS) is 12.7. The SMILES string of the molecule is CCCCCCOC(=O)N[C@H](CC(N)=O)S(=O)(=O)F. The van der Waals surface area contributed by atoms with E-state index in [1.54, 1.807) is 5.32 Å². The molecule has 0 heterocycles. The van der Waals surface area contributed by atoms with Crippen molar-refractivity contribution in [1.29, 1.82) is 0 Å². The lowest BCUT2D eigenvalue weighted by atomic mass is 10.2. The van der Waals surface area contributed by atoms with Crippen molar-refractivity contribution in [2.24, 2.45) is 5.73 Å². The fourth-order valence-corrected chi connectivity index (χ4v) is 1.87. The van der Waals surface area contributed by atoms with Crippen LogP contribution in [-0.4, -0.2) is 32.4 Å². The van der Waals surface area contributed by atoms with E-state index in [4.69, 9.17) is 5.73 Å². The van der Waals surface area contributed by atoms with Crippen LogP contribution in [0.4, 0.5) is 8.68 Å². The predicted octanol–water partition coefficient (Wildman–Crippen LogP) is 0.794. The van der Waals surface area contributed by atoms with Gasteiger partial charge in [-0.25, -0.2) is 4.79 Å². The molecule has 19 heavy (non-hydrogen) atoms. The van der Waals surface area contributed by atoms with E-state index < -0.39 is 34.0 Å². The largest absolute Gasteiger partial charge is 0.450 e. The van der Waals surface area contributed by atoms with Crippen molar-refractivity contribution >= 4 is 22.2 Å². The van der Waals surface area contributed by atoms with Gasteiger partial charge in [0.1, 0.15) is 0 Å². The van der Waals surface area contributed by atoms with Crippen LogP contribution in [0.1, 0.15) is 39.0 Å². The molecule has 0 fully saturated rings. The lowest BCUT2D eigenvalue weighted by molar-refractivity contribution is -0.118. The lowest BCUT2D eigenvalue weighted by Gasteiger charge is -2.13. The molecule has 9 heteroatoms. The summed E-state index contributed by atoms with van der Waals surface area (Å²) in [5.74, 6) is -1.05. The second-order valence-corrected chi connectivity index (χ2v) is 5.50. The van der Waals surface area contributed by atoms with Gasteiger partial charge < -0.3 is 15.8 Å². The van der Waals surface area contributed by atoms with E-state index in [0.717, 1.165) is 19.3 Å². The van der Waals surface area contributed by atoms with Crippen molar-refractivity contribution in [3.8, 4) is 0 Å². The number of hydrogen-bond acceptors (Lipinski definition) is 5. The maximum atomic E-state index is 12.8. The van der Waals surface area contributed by atoms with Crippen molar-refractivity contribution in [3.05, 3.63) is 0 Å². The Hall–Kier alpha value is -1.38. The molecule has 0 saturated heterocycles. The number of primary amides is 1. The van der Waals surface area contributed by atoms with Gasteiger partial charge in [0.2, 0.25) is 5.91 Å². The molecule has 0 unspecified atom stereocenters. The molecule has 0 spiro atoms. The maximum Gasteiger partial charge on any atom is 0.408 e. The van der Waals surface area contributed by atoms with Crippen LogP contribution in [0.5, 0.6) is 0 Å². The van der Waals surface area contributed by atoms with Crippen LogP contribution in [0, 0.1) is 0 Å². The Kier molecular flexibility index (Phi) is 8.05. The topological polar surface area (TPSA) is 116 Å². The predicted molar refractivity (Wildman–Crippen MR) is 66.3 cm³/mol. The van der Waals surface area contributed by atoms with Crippen LogP contribution < -0.4 is 11.1 Å². The third-order valence-electron chi connectivity index (χ3n) is 2.24. The Morgan fingerprint density at radius 3 is 2.42 bits per heavy atom. The monoisotopic (exact) mass is 298 g/mol. The zero-order valence-electron chi connectivity index (χ0n) is 10.7. The van der Waals surface area contributed by atoms with Crippen molar-refractivity contribution in [2.75, 3.05) is 6.61 Å². The smallest absolute Gasteiger partial charge is 0.408 e. The Labute approximate surface area is 111 Å². The molecular formula is C10H19FN2O5S. The van der Waals surface area contributed by atoms with Crippen LogP contribution in [0.2, 0.25) is 0 Å². The molecule has 0 aliphatic rings. The minimum Gasteiger partial charge on any atom is -0.450 e. The molecule has 0 aromatic carbocycles. The Balaban J connectivity index is 4.14. The summed E-state index contributed by atoms with van der Waals surface area (Å²) < 4.78 is 38.8. The lowest BCUT2D eigenvalue weighted by Crippen LogP contribution is -2.42. The molecule has 0 rings (SSSR count). The van der Waals surface area contributed by atoms with Crippen LogP contribution in [0.15, 0.2) is 0 Å². The van der Waals surface area contributed by atoms with Crippen molar-refractivity contribution in [3.63, 3.8) is 0 Å². The first-order valence-corrected chi connectivity index (χ1v) is 7.37. The van der Waals surface area contributed by atoms with E-state index in [-0.39, 0.29) is 6.61 Å². The average Bonchev–Trinajstić information content (AvgIpc) is 2.26. The van der Waals surface area contributed by atoms with Gasteiger partial charge in [0.25, 0.3) is 0 Å². The molecule has 0 radical (unpaired) electrons. The molecule has 0 aromatic rings. The highest BCUT2D eigenvalue weighted by molar-refractivity contribution is 7.87. The number of ether oxygens (including phenoxy) is 1. The molecule has 0 aromatic heterocycles. The standard InChI is InChI=1S/C10H19FN2O5S/c1-2-3-4-5-6-18-10(15)13-9(7-8(12)14)19(11,16)17/h9H,2-7H2,1H3,(H2,12,14)(H,13,15)/t9-/m0/s1. The molecule has 112 valence electrons. The molecule has 0 aliphatic carbocycles. The number of halogens is 1. The summed E-state index contributed by atoms with van der Waals surface area (Å²) in [7, 11) is -5.11. The fraction of sp³-hybridized carbons (Fsp3) is 0.800. The summed E-state index contributed by atoms with van der Waals surface area (Å²) in [4.78, 5) is 21.8. The van der Waals surface area contributed by atoms with Crippen molar-refractivity contribution < 1.29 is 26.6 Å². The van der Waals surface area contributed by atoms with Crippen LogP contribution in [0.25, 0.3) is 0 Å². The summed E-state index contributed by atoms with van der Waals surface area (Å²) in [5, 5.41) is -0.252. The van der Waals surface area contributed by atoms with Crippen LogP contribution >= 0.6 is 0 Å². The first-order chi connectivity index (χ1) is 8.77. The van der Waals surface area contributed by atoms with E-state index in [0.29, 0.717) is 6.42 Å². The molecule has 7 nitrogen and oxygen atoms in total. The Morgan fingerprint density at radius 1 is 1.32 bits per heavy atom. The van der Waals surface area contributed by atoms with Gasteiger partial charge in [0.05, 0.1) is 13.0 Å². The highest BCUT2D eigenvalue weighted by Crippen LogP contribution is 2.06. The molecule has 0 aliphatic heterocycles. The first kappa shape index (κ1) is 17.6. The zero-order chi connectivity index (χ0) is 14.9. The summed E-state index contributed by atoms with van der Waals surface area (Å²) in [6.07, 6.45) is 1.58. The third-order valence-corrected chi connectivity index (χ3v) is 3.20. The van der Waals surface area contributed by atoms with E-state index in [1.807, 2.05) is 6.92 Å².